The van der Waals surface area contributed by atoms with Gasteiger partial charge in [-0.05, 0) is 18.8 Å². The molecule has 0 aromatic carbocycles. The minimum Gasteiger partial charge on any atom is -0.465 e. The van der Waals surface area contributed by atoms with Gasteiger partial charge in [0.15, 0.2) is 0 Å². The second-order valence-corrected chi connectivity index (χ2v) is 7.42. The summed E-state index contributed by atoms with van der Waals surface area (Å²) < 4.78 is 30.4. The summed E-state index contributed by atoms with van der Waals surface area (Å²) in [5.41, 5.74) is -0.334. The van der Waals surface area contributed by atoms with Crippen LogP contribution in [-0.4, -0.2) is 44.1 Å². The van der Waals surface area contributed by atoms with Crippen molar-refractivity contribution < 1.29 is 17.9 Å². The molecule has 0 fully saturated rings. The van der Waals surface area contributed by atoms with Crippen molar-refractivity contribution in [2.45, 2.75) is 41.0 Å². The molecule has 6 heteroatoms. The highest BCUT2D eigenvalue weighted by molar-refractivity contribution is 7.89. The van der Waals surface area contributed by atoms with Gasteiger partial charge in [-0.3, -0.25) is 4.79 Å². The van der Waals surface area contributed by atoms with Gasteiger partial charge in [0.2, 0.25) is 10.0 Å². The van der Waals surface area contributed by atoms with Crippen LogP contribution in [0.15, 0.2) is 0 Å². The lowest BCUT2D eigenvalue weighted by Crippen LogP contribution is -2.41. The van der Waals surface area contributed by atoms with Crippen molar-refractivity contribution in [3.63, 3.8) is 0 Å². The highest BCUT2D eigenvalue weighted by Crippen LogP contribution is 2.19. The Morgan fingerprint density at radius 2 is 1.78 bits per heavy atom. The Kier molecular flexibility index (Phi) is 6.84. The summed E-state index contributed by atoms with van der Waals surface area (Å²) in [5, 5.41) is 0. The molecule has 0 saturated carbocycles. The minimum atomic E-state index is -3.42. The molecular formula is C12H25NO4S. The van der Waals surface area contributed by atoms with Crippen LogP contribution in [0.3, 0.4) is 0 Å². The standard InChI is InChI=1S/C12H25NO4S/c1-6-8-13(9-11(14)17-7-2)18(15,16)10-12(3,4)5/h6-10H2,1-5H3. The molecule has 0 saturated heterocycles. The fourth-order valence-corrected chi connectivity index (χ4v) is 3.59. The number of carbonyl (C=O) groups is 1. The van der Waals surface area contributed by atoms with E-state index in [2.05, 4.69) is 0 Å². The Bertz CT molecular complexity index is 357. The number of hydrogen-bond donors (Lipinski definition) is 0. The van der Waals surface area contributed by atoms with Gasteiger partial charge >= 0.3 is 5.97 Å². The minimum absolute atomic E-state index is 0.0272. The van der Waals surface area contributed by atoms with Crippen LogP contribution in [0.2, 0.25) is 0 Å². The van der Waals surface area contributed by atoms with Crippen LogP contribution in [0.25, 0.3) is 0 Å². The Morgan fingerprint density at radius 3 is 2.17 bits per heavy atom. The molecule has 0 bridgehead atoms. The summed E-state index contributed by atoms with van der Waals surface area (Å²) in [6.45, 7) is 9.57. The van der Waals surface area contributed by atoms with Crippen molar-refractivity contribution in [3.05, 3.63) is 0 Å². The summed E-state index contributed by atoms with van der Waals surface area (Å²) >= 11 is 0. The molecule has 0 atom stereocenters. The van der Waals surface area contributed by atoms with Crippen LogP contribution in [0.4, 0.5) is 0 Å². The number of hydrogen-bond acceptors (Lipinski definition) is 4. The van der Waals surface area contributed by atoms with Crippen LogP contribution in [0, 0.1) is 5.41 Å². The monoisotopic (exact) mass is 279 g/mol. The predicted octanol–water partition coefficient (Wildman–Crippen LogP) is 1.64. The van der Waals surface area contributed by atoms with Crippen molar-refractivity contribution in [2.24, 2.45) is 5.41 Å². The molecule has 0 radical (unpaired) electrons. The van der Waals surface area contributed by atoms with Gasteiger partial charge in [-0.25, -0.2) is 8.42 Å². The van der Waals surface area contributed by atoms with E-state index in [1.165, 1.54) is 4.31 Å². The highest BCUT2D eigenvalue weighted by atomic mass is 32.2. The van der Waals surface area contributed by atoms with Gasteiger partial charge in [0.05, 0.1) is 12.4 Å². The molecule has 0 spiro atoms. The largest absolute Gasteiger partial charge is 0.465 e. The summed E-state index contributed by atoms with van der Waals surface area (Å²) in [4.78, 5) is 11.4. The molecule has 18 heavy (non-hydrogen) atoms. The maximum absolute atomic E-state index is 12.2. The van der Waals surface area contributed by atoms with Gasteiger partial charge < -0.3 is 4.74 Å². The maximum Gasteiger partial charge on any atom is 0.321 e. The maximum atomic E-state index is 12.2. The lowest BCUT2D eigenvalue weighted by atomic mass is 10.0. The van der Waals surface area contributed by atoms with E-state index in [0.29, 0.717) is 13.0 Å². The molecule has 108 valence electrons. The van der Waals surface area contributed by atoms with Crippen LogP contribution in [0.1, 0.15) is 41.0 Å². The number of rotatable bonds is 7. The lowest BCUT2D eigenvalue weighted by molar-refractivity contribution is -0.143. The molecule has 0 rings (SSSR count). The van der Waals surface area contributed by atoms with E-state index in [1.807, 2.05) is 27.7 Å². The first-order valence-electron chi connectivity index (χ1n) is 6.26. The normalized spacial score (nSPS) is 12.8. The van der Waals surface area contributed by atoms with Crippen LogP contribution in [-0.2, 0) is 19.6 Å². The number of esters is 1. The SMILES string of the molecule is CCCN(CC(=O)OCC)S(=O)(=O)CC(C)(C)C. The highest BCUT2D eigenvalue weighted by Gasteiger charge is 2.29. The Morgan fingerprint density at radius 1 is 1.22 bits per heavy atom. The summed E-state index contributed by atoms with van der Waals surface area (Å²) in [6, 6.07) is 0. The molecule has 0 aliphatic rings. The van der Waals surface area contributed by atoms with Crippen molar-refractivity contribution in [1.29, 1.82) is 0 Å². The van der Waals surface area contributed by atoms with Gasteiger partial charge in [0.1, 0.15) is 6.54 Å². The molecule has 0 unspecified atom stereocenters. The van der Waals surface area contributed by atoms with E-state index in [9.17, 15) is 13.2 Å². The van der Waals surface area contributed by atoms with E-state index in [0.717, 1.165) is 0 Å². The number of ether oxygens (including phenoxy) is 1. The van der Waals surface area contributed by atoms with Crippen LogP contribution in [0.5, 0.6) is 0 Å². The topological polar surface area (TPSA) is 63.7 Å². The first-order chi connectivity index (χ1) is 8.12. The Hall–Kier alpha value is -0.620. The molecule has 0 aromatic heterocycles. The summed E-state index contributed by atoms with van der Waals surface area (Å²) in [5.74, 6) is -0.470. The molecule has 0 heterocycles. The van der Waals surface area contributed by atoms with Crippen molar-refractivity contribution in [2.75, 3.05) is 25.4 Å². The zero-order valence-electron chi connectivity index (χ0n) is 12.0. The zero-order chi connectivity index (χ0) is 14.4. The Balaban J connectivity index is 4.82. The van der Waals surface area contributed by atoms with E-state index in [1.54, 1.807) is 6.92 Å². The summed E-state index contributed by atoms with van der Waals surface area (Å²) in [6.07, 6.45) is 0.669. The average molecular weight is 279 g/mol. The third kappa shape index (κ3) is 6.96. The zero-order valence-corrected chi connectivity index (χ0v) is 12.8. The molecule has 0 aliphatic heterocycles. The second kappa shape index (κ2) is 7.09. The van der Waals surface area contributed by atoms with E-state index in [-0.39, 0.29) is 24.3 Å². The van der Waals surface area contributed by atoms with Gasteiger partial charge in [0.25, 0.3) is 0 Å². The van der Waals surface area contributed by atoms with Crippen molar-refractivity contribution >= 4 is 16.0 Å². The number of sulfonamides is 1. The third-order valence-corrected chi connectivity index (χ3v) is 4.42. The van der Waals surface area contributed by atoms with Crippen molar-refractivity contribution in [3.8, 4) is 0 Å². The van der Waals surface area contributed by atoms with Crippen molar-refractivity contribution in [1.82, 2.24) is 4.31 Å². The molecule has 0 aromatic rings. The van der Waals surface area contributed by atoms with Gasteiger partial charge in [0, 0.05) is 6.54 Å². The molecular weight excluding hydrogens is 254 g/mol. The number of nitrogens with zero attached hydrogens (tertiary/aromatic N) is 1. The van der Waals surface area contributed by atoms with Crippen LogP contribution >= 0.6 is 0 Å². The second-order valence-electron chi connectivity index (χ2n) is 5.46. The fraction of sp³-hybridized carbons (Fsp3) is 0.917. The predicted molar refractivity (Wildman–Crippen MR) is 71.7 cm³/mol. The van der Waals surface area contributed by atoms with Gasteiger partial charge in [-0.15, -0.1) is 0 Å². The Labute approximate surface area is 111 Å². The molecule has 5 nitrogen and oxygen atoms in total. The lowest BCUT2D eigenvalue weighted by Gasteiger charge is -2.25. The molecule has 0 N–H and O–H groups in total. The van der Waals surface area contributed by atoms with E-state index < -0.39 is 16.0 Å². The van der Waals surface area contributed by atoms with Crippen LogP contribution < -0.4 is 0 Å². The van der Waals surface area contributed by atoms with E-state index >= 15 is 0 Å². The smallest absolute Gasteiger partial charge is 0.321 e. The quantitative estimate of drug-likeness (QED) is 0.665. The third-order valence-electron chi connectivity index (χ3n) is 2.09. The molecule has 0 amide bonds. The number of carbonyl (C=O) groups excluding carboxylic acids is 1. The fourth-order valence-electron chi connectivity index (χ4n) is 1.56. The molecule has 0 aliphatic carbocycles. The van der Waals surface area contributed by atoms with E-state index in [4.69, 9.17) is 4.74 Å². The first-order valence-corrected chi connectivity index (χ1v) is 7.86. The average Bonchev–Trinajstić information content (AvgIpc) is 2.13. The first kappa shape index (κ1) is 17.4. The van der Waals surface area contributed by atoms with Gasteiger partial charge in [-0.2, -0.15) is 4.31 Å². The van der Waals surface area contributed by atoms with Gasteiger partial charge in [-0.1, -0.05) is 27.7 Å². The summed E-state index contributed by atoms with van der Waals surface area (Å²) in [7, 11) is -3.42.